The summed E-state index contributed by atoms with van der Waals surface area (Å²) in [5, 5.41) is 0. The summed E-state index contributed by atoms with van der Waals surface area (Å²) < 4.78 is 11.5. The second-order valence-electron chi connectivity index (χ2n) is 7.53. The van der Waals surface area contributed by atoms with E-state index in [2.05, 4.69) is 24.3 Å². The average Bonchev–Trinajstić information content (AvgIpc) is 2.94. The van der Waals surface area contributed by atoms with Gasteiger partial charge in [0.25, 0.3) is 0 Å². The summed E-state index contributed by atoms with van der Waals surface area (Å²) in [7, 11) is 0. The number of rotatable bonds is 3. The van der Waals surface area contributed by atoms with Crippen LogP contribution in [0.3, 0.4) is 0 Å². The van der Waals surface area contributed by atoms with Gasteiger partial charge in [-0.3, -0.25) is 4.79 Å². The molecule has 1 amide bonds. The standard InChI is InChI=1S/C25H21NO4/c27-15-18-7-5-6-17-14-26(12-13-29-24(17)18)25(28)30-16-23-21-10-3-1-8-19(21)20-9-2-4-11-22(20)23/h1-11,15,23H,12-14,16H2. The Labute approximate surface area is 174 Å². The van der Waals surface area contributed by atoms with Crippen molar-refractivity contribution in [1.29, 1.82) is 0 Å². The summed E-state index contributed by atoms with van der Waals surface area (Å²) in [5.74, 6) is 0.583. The third-order valence-electron chi connectivity index (χ3n) is 5.82. The number of fused-ring (bicyclic) bond motifs is 4. The molecule has 5 rings (SSSR count). The fraction of sp³-hybridized carbons (Fsp3) is 0.200. The van der Waals surface area contributed by atoms with Crippen molar-refractivity contribution < 1.29 is 19.1 Å². The highest BCUT2D eigenvalue weighted by atomic mass is 16.6. The minimum Gasteiger partial charge on any atom is -0.491 e. The maximum Gasteiger partial charge on any atom is 0.410 e. The van der Waals surface area contributed by atoms with Crippen molar-refractivity contribution in [3.8, 4) is 16.9 Å². The van der Waals surface area contributed by atoms with Gasteiger partial charge < -0.3 is 14.4 Å². The van der Waals surface area contributed by atoms with Crippen molar-refractivity contribution in [3.63, 3.8) is 0 Å². The molecule has 0 saturated heterocycles. The topological polar surface area (TPSA) is 55.8 Å². The molecule has 5 heteroatoms. The number of benzene rings is 3. The molecule has 0 spiro atoms. The lowest BCUT2D eigenvalue weighted by atomic mass is 9.98. The van der Waals surface area contributed by atoms with Crippen molar-refractivity contribution in [1.82, 2.24) is 4.90 Å². The van der Waals surface area contributed by atoms with E-state index in [1.165, 1.54) is 22.3 Å². The SMILES string of the molecule is O=Cc1cccc2c1OCCN(C(=O)OCC1c3ccccc3-c3ccccc31)C2. The van der Waals surface area contributed by atoms with Crippen LogP contribution in [0.2, 0.25) is 0 Å². The normalized spacial score (nSPS) is 14.7. The quantitative estimate of drug-likeness (QED) is 0.602. The highest BCUT2D eigenvalue weighted by Crippen LogP contribution is 2.44. The third kappa shape index (κ3) is 3.12. The van der Waals surface area contributed by atoms with Crippen molar-refractivity contribution in [2.24, 2.45) is 0 Å². The zero-order valence-corrected chi connectivity index (χ0v) is 16.4. The fourth-order valence-corrected chi connectivity index (χ4v) is 4.38. The summed E-state index contributed by atoms with van der Waals surface area (Å²) in [6.45, 7) is 1.37. The first-order valence-corrected chi connectivity index (χ1v) is 10.1. The second-order valence-corrected chi connectivity index (χ2v) is 7.53. The number of para-hydroxylation sites is 1. The molecule has 150 valence electrons. The minimum atomic E-state index is -0.371. The largest absolute Gasteiger partial charge is 0.491 e. The van der Waals surface area contributed by atoms with E-state index in [0.29, 0.717) is 31.0 Å². The Morgan fingerprint density at radius 2 is 1.70 bits per heavy atom. The summed E-state index contributed by atoms with van der Waals surface area (Å²) in [6.07, 6.45) is 0.409. The van der Waals surface area contributed by atoms with E-state index in [0.717, 1.165) is 11.8 Å². The first-order chi connectivity index (χ1) is 14.8. The number of amides is 1. The van der Waals surface area contributed by atoms with Gasteiger partial charge in [0, 0.05) is 11.5 Å². The van der Waals surface area contributed by atoms with Crippen LogP contribution in [-0.4, -0.2) is 37.0 Å². The lowest BCUT2D eigenvalue weighted by Crippen LogP contribution is -2.33. The highest BCUT2D eigenvalue weighted by molar-refractivity contribution is 5.81. The second kappa shape index (κ2) is 7.67. The average molecular weight is 399 g/mol. The van der Waals surface area contributed by atoms with Crippen molar-refractivity contribution in [3.05, 3.63) is 89.0 Å². The molecule has 0 unspecified atom stereocenters. The molecule has 0 fully saturated rings. The number of hydrogen-bond acceptors (Lipinski definition) is 4. The van der Waals surface area contributed by atoms with Gasteiger partial charge in [-0.2, -0.15) is 0 Å². The summed E-state index contributed by atoms with van der Waals surface area (Å²) in [5.41, 5.74) is 6.09. The number of carbonyl (C=O) groups is 2. The van der Waals surface area contributed by atoms with Gasteiger partial charge in [0.1, 0.15) is 19.0 Å². The molecule has 3 aromatic rings. The van der Waals surface area contributed by atoms with E-state index in [9.17, 15) is 9.59 Å². The number of aldehydes is 1. The predicted molar refractivity (Wildman–Crippen MR) is 113 cm³/mol. The van der Waals surface area contributed by atoms with E-state index < -0.39 is 0 Å². The zero-order chi connectivity index (χ0) is 20.5. The van der Waals surface area contributed by atoms with Crippen LogP contribution in [0.4, 0.5) is 4.79 Å². The lowest BCUT2D eigenvalue weighted by molar-refractivity contribution is 0.0946. The first-order valence-electron chi connectivity index (χ1n) is 10.1. The molecule has 0 atom stereocenters. The molecule has 0 saturated carbocycles. The smallest absolute Gasteiger partial charge is 0.410 e. The van der Waals surface area contributed by atoms with Gasteiger partial charge in [-0.1, -0.05) is 60.7 Å². The van der Waals surface area contributed by atoms with Gasteiger partial charge >= 0.3 is 6.09 Å². The van der Waals surface area contributed by atoms with Crippen LogP contribution in [0, 0.1) is 0 Å². The van der Waals surface area contributed by atoms with Crippen LogP contribution < -0.4 is 4.74 Å². The zero-order valence-electron chi connectivity index (χ0n) is 16.4. The highest BCUT2D eigenvalue weighted by Gasteiger charge is 2.30. The van der Waals surface area contributed by atoms with Crippen molar-refractivity contribution >= 4 is 12.4 Å². The van der Waals surface area contributed by atoms with Gasteiger partial charge in [0.2, 0.25) is 0 Å². The van der Waals surface area contributed by atoms with Crippen molar-refractivity contribution in [2.75, 3.05) is 19.8 Å². The summed E-state index contributed by atoms with van der Waals surface area (Å²) >= 11 is 0. The lowest BCUT2D eigenvalue weighted by Gasteiger charge is -2.21. The van der Waals surface area contributed by atoms with Gasteiger partial charge in [-0.15, -0.1) is 0 Å². The van der Waals surface area contributed by atoms with Crippen LogP contribution in [-0.2, 0) is 11.3 Å². The van der Waals surface area contributed by atoms with Gasteiger partial charge in [0.15, 0.2) is 6.29 Å². The van der Waals surface area contributed by atoms with E-state index >= 15 is 0 Å². The molecule has 0 N–H and O–H groups in total. The van der Waals surface area contributed by atoms with Crippen LogP contribution >= 0.6 is 0 Å². The number of nitrogens with zero attached hydrogens (tertiary/aromatic N) is 1. The predicted octanol–water partition coefficient (Wildman–Crippen LogP) is 4.64. The molecule has 2 aliphatic rings. The maximum absolute atomic E-state index is 12.9. The van der Waals surface area contributed by atoms with E-state index in [4.69, 9.17) is 9.47 Å². The molecule has 5 nitrogen and oxygen atoms in total. The Hall–Kier alpha value is -3.60. The molecule has 3 aromatic carbocycles. The van der Waals surface area contributed by atoms with Crippen LogP contribution in [0.25, 0.3) is 11.1 Å². The Bertz CT molecular complexity index is 1080. The van der Waals surface area contributed by atoms with Crippen LogP contribution in [0.5, 0.6) is 5.75 Å². The molecule has 1 aliphatic carbocycles. The van der Waals surface area contributed by atoms with Crippen LogP contribution in [0.15, 0.2) is 66.7 Å². The number of carbonyl (C=O) groups excluding carboxylic acids is 2. The third-order valence-corrected chi connectivity index (χ3v) is 5.82. The van der Waals surface area contributed by atoms with Gasteiger partial charge in [-0.25, -0.2) is 4.79 Å². The van der Waals surface area contributed by atoms with Gasteiger partial charge in [-0.05, 0) is 28.3 Å². The first kappa shape index (κ1) is 18.4. The molecule has 0 bridgehead atoms. The number of ether oxygens (including phenoxy) is 2. The molecule has 1 heterocycles. The molecule has 30 heavy (non-hydrogen) atoms. The summed E-state index contributed by atoms with van der Waals surface area (Å²) in [6, 6.07) is 21.9. The summed E-state index contributed by atoms with van der Waals surface area (Å²) in [4.78, 5) is 25.8. The minimum absolute atomic E-state index is 0.0264. The molecule has 0 radical (unpaired) electrons. The Balaban J connectivity index is 1.34. The Morgan fingerprint density at radius 3 is 2.40 bits per heavy atom. The fourth-order valence-electron chi connectivity index (χ4n) is 4.38. The molecule has 1 aliphatic heterocycles. The maximum atomic E-state index is 12.9. The monoisotopic (exact) mass is 399 g/mol. The number of hydrogen-bond donors (Lipinski definition) is 0. The Morgan fingerprint density at radius 1 is 1.00 bits per heavy atom. The van der Waals surface area contributed by atoms with Gasteiger partial charge in [0.05, 0.1) is 18.7 Å². The van der Waals surface area contributed by atoms with E-state index in [1.807, 2.05) is 30.3 Å². The molecular weight excluding hydrogens is 378 g/mol. The van der Waals surface area contributed by atoms with Crippen LogP contribution in [0.1, 0.15) is 33.0 Å². The van der Waals surface area contributed by atoms with E-state index in [-0.39, 0.29) is 18.6 Å². The Kier molecular flexibility index (Phi) is 4.71. The molecular formula is C25H21NO4. The van der Waals surface area contributed by atoms with Crippen molar-refractivity contribution in [2.45, 2.75) is 12.5 Å². The van der Waals surface area contributed by atoms with E-state index in [1.54, 1.807) is 17.0 Å². The molecule has 0 aromatic heterocycles.